The largest absolute Gasteiger partial charge is 0.456 e. The Morgan fingerprint density at radius 2 is 2.04 bits per heavy atom. The van der Waals surface area contributed by atoms with Gasteiger partial charge in [-0.15, -0.1) is 23.1 Å². The van der Waals surface area contributed by atoms with Crippen LogP contribution in [0.1, 0.15) is 16.9 Å². The van der Waals surface area contributed by atoms with E-state index in [1.807, 2.05) is 42.6 Å². The summed E-state index contributed by atoms with van der Waals surface area (Å²) in [6, 6.07) is 9.43. The third kappa shape index (κ3) is 4.90. The van der Waals surface area contributed by atoms with Crippen LogP contribution in [-0.4, -0.2) is 41.6 Å². The number of nitrogens with zero attached hydrogens (tertiary/aromatic N) is 1. The maximum Gasteiger partial charge on any atom is 0.307 e. The van der Waals surface area contributed by atoms with Crippen molar-refractivity contribution in [1.29, 1.82) is 0 Å². The molecule has 6 nitrogen and oxygen atoms in total. The quantitative estimate of drug-likeness (QED) is 0.749. The average Bonchev–Trinajstić information content (AvgIpc) is 3.05. The molecule has 1 N–H and O–H groups in total. The molecule has 1 aliphatic heterocycles. The van der Waals surface area contributed by atoms with Crippen molar-refractivity contribution in [3.63, 3.8) is 0 Å². The first-order valence-corrected chi connectivity index (χ1v) is 10.2. The molecule has 0 aliphatic carbocycles. The Labute approximate surface area is 165 Å². The summed E-state index contributed by atoms with van der Waals surface area (Å²) in [6.45, 7) is 2.15. The van der Waals surface area contributed by atoms with E-state index in [-0.39, 0.29) is 24.8 Å². The lowest BCUT2D eigenvalue weighted by Gasteiger charge is -2.23. The fourth-order valence-electron chi connectivity index (χ4n) is 2.56. The zero-order valence-corrected chi connectivity index (χ0v) is 16.7. The van der Waals surface area contributed by atoms with Crippen molar-refractivity contribution in [2.45, 2.75) is 30.0 Å². The third-order valence-electron chi connectivity index (χ3n) is 4.19. The highest BCUT2D eigenvalue weighted by Crippen LogP contribution is 2.36. The summed E-state index contributed by atoms with van der Waals surface area (Å²) in [5, 5.41) is 4.21. The van der Waals surface area contributed by atoms with E-state index in [0.29, 0.717) is 6.54 Å². The molecule has 142 valence electrons. The number of nitrogens with one attached hydrogen (secondary N) is 1. The van der Waals surface area contributed by atoms with Gasteiger partial charge in [-0.2, -0.15) is 0 Å². The molecule has 0 saturated heterocycles. The molecule has 1 atom stereocenters. The summed E-state index contributed by atoms with van der Waals surface area (Å²) in [7, 11) is 1.68. The molecule has 8 heteroatoms. The van der Waals surface area contributed by atoms with E-state index in [1.54, 1.807) is 18.4 Å². The number of likely N-dealkylation sites (N-methyl/N-ethyl adjacent to an activating group) is 1. The van der Waals surface area contributed by atoms with Gasteiger partial charge in [0.25, 0.3) is 5.91 Å². The molecule has 0 saturated carbocycles. The van der Waals surface area contributed by atoms with E-state index < -0.39 is 11.2 Å². The smallest absolute Gasteiger partial charge is 0.307 e. The molecule has 27 heavy (non-hydrogen) atoms. The molecule has 0 fully saturated rings. The van der Waals surface area contributed by atoms with Gasteiger partial charge in [-0.3, -0.25) is 14.4 Å². The SMILES string of the molecule is Cc1ccsc1CN(C)C(=O)COC(=O)C[C@H]1Sc2ccccc2NC1=O. The van der Waals surface area contributed by atoms with E-state index in [1.165, 1.54) is 16.7 Å². The lowest BCUT2D eigenvalue weighted by atomic mass is 10.2. The number of benzene rings is 1. The van der Waals surface area contributed by atoms with Crippen LogP contribution < -0.4 is 5.32 Å². The van der Waals surface area contributed by atoms with Gasteiger partial charge in [0.15, 0.2) is 6.61 Å². The van der Waals surface area contributed by atoms with Crippen LogP contribution in [0.15, 0.2) is 40.6 Å². The number of fused-ring (bicyclic) bond motifs is 1. The number of thiophene rings is 1. The van der Waals surface area contributed by atoms with Crippen molar-refractivity contribution in [1.82, 2.24) is 4.90 Å². The molecule has 3 rings (SSSR count). The number of carbonyl (C=O) groups is 3. The summed E-state index contributed by atoms with van der Waals surface area (Å²) in [5.74, 6) is -1.06. The van der Waals surface area contributed by atoms with E-state index in [4.69, 9.17) is 4.74 Å². The van der Waals surface area contributed by atoms with Crippen LogP contribution in [0.2, 0.25) is 0 Å². The number of hydrogen-bond donors (Lipinski definition) is 1. The Morgan fingerprint density at radius 1 is 1.26 bits per heavy atom. The molecule has 0 spiro atoms. The molecule has 2 aromatic rings. The molecule has 1 aliphatic rings. The Hall–Kier alpha value is -2.32. The van der Waals surface area contributed by atoms with Crippen LogP contribution in [0.3, 0.4) is 0 Å². The van der Waals surface area contributed by atoms with E-state index in [9.17, 15) is 14.4 Å². The number of ether oxygens (including phenoxy) is 1. The maximum atomic E-state index is 12.2. The number of thioether (sulfide) groups is 1. The highest BCUT2D eigenvalue weighted by Gasteiger charge is 2.29. The first kappa shape index (κ1) is 19.4. The monoisotopic (exact) mass is 404 g/mol. The van der Waals surface area contributed by atoms with Gasteiger partial charge in [0.2, 0.25) is 5.91 Å². The zero-order valence-electron chi connectivity index (χ0n) is 15.1. The van der Waals surface area contributed by atoms with E-state index >= 15 is 0 Å². The lowest BCUT2D eigenvalue weighted by molar-refractivity contribution is -0.152. The second-order valence-electron chi connectivity index (χ2n) is 6.23. The Bertz CT molecular complexity index is 865. The Kier molecular flexibility index (Phi) is 6.18. The topological polar surface area (TPSA) is 75.7 Å². The predicted molar refractivity (Wildman–Crippen MR) is 106 cm³/mol. The molecule has 1 aromatic heterocycles. The predicted octanol–water partition coefficient (Wildman–Crippen LogP) is 3.06. The average molecular weight is 405 g/mol. The second-order valence-corrected chi connectivity index (χ2v) is 8.48. The van der Waals surface area contributed by atoms with Gasteiger partial charge >= 0.3 is 5.97 Å². The number of rotatable bonds is 6. The Balaban J connectivity index is 1.47. The number of para-hydroxylation sites is 1. The van der Waals surface area contributed by atoms with Crippen LogP contribution in [0, 0.1) is 6.92 Å². The fraction of sp³-hybridized carbons (Fsp3) is 0.316. The third-order valence-corrected chi connectivity index (χ3v) is 6.47. The molecule has 0 radical (unpaired) electrons. The van der Waals surface area contributed by atoms with Crippen molar-refractivity contribution >= 4 is 46.6 Å². The van der Waals surface area contributed by atoms with Gasteiger partial charge in [0, 0.05) is 16.8 Å². The molecule has 0 unspecified atom stereocenters. The minimum Gasteiger partial charge on any atom is -0.456 e. The van der Waals surface area contributed by atoms with Crippen molar-refractivity contribution in [3.8, 4) is 0 Å². The van der Waals surface area contributed by atoms with Gasteiger partial charge in [-0.25, -0.2) is 0 Å². The molecular weight excluding hydrogens is 384 g/mol. The van der Waals surface area contributed by atoms with Gasteiger partial charge in [0.1, 0.15) is 0 Å². The Morgan fingerprint density at radius 3 is 2.78 bits per heavy atom. The second kappa shape index (κ2) is 8.58. The highest BCUT2D eigenvalue weighted by atomic mass is 32.2. The first-order chi connectivity index (χ1) is 12.9. The maximum absolute atomic E-state index is 12.2. The van der Waals surface area contributed by atoms with E-state index in [0.717, 1.165) is 21.0 Å². The van der Waals surface area contributed by atoms with Gasteiger partial charge in [0.05, 0.1) is 23.9 Å². The molecule has 0 bridgehead atoms. The van der Waals surface area contributed by atoms with Crippen molar-refractivity contribution in [2.24, 2.45) is 0 Å². The zero-order chi connectivity index (χ0) is 19.4. The molecule has 2 heterocycles. The first-order valence-electron chi connectivity index (χ1n) is 8.43. The van der Waals surface area contributed by atoms with E-state index in [2.05, 4.69) is 5.32 Å². The van der Waals surface area contributed by atoms with Crippen LogP contribution in [0.25, 0.3) is 0 Å². The summed E-state index contributed by atoms with van der Waals surface area (Å²) < 4.78 is 5.09. The van der Waals surface area contributed by atoms with Crippen LogP contribution >= 0.6 is 23.1 Å². The summed E-state index contributed by atoms with van der Waals surface area (Å²) in [5.41, 5.74) is 1.88. The fourth-order valence-corrected chi connectivity index (χ4v) is 4.61. The van der Waals surface area contributed by atoms with Crippen molar-refractivity contribution in [3.05, 3.63) is 46.2 Å². The van der Waals surface area contributed by atoms with Crippen LogP contribution in [-0.2, 0) is 25.7 Å². The molecule has 2 amide bonds. The van der Waals surface area contributed by atoms with Crippen molar-refractivity contribution < 1.29 is 19.1 Å². The summed E-state index contributed by atoms with van der Waals surface area (Å²) >= 11 is 2.92. The lowest BCUT2D eigenvalue weighted by Crippen LogP contribution is -2.33. The number of aryl methyl sites for hydroxylation is 1. The minimum absolute atomic E-state index is 0.0775. The minimum atomic E-state index is -0.561. The van der Waals surface area contributed by atoms with Crippen LogP contribution in [0.5, 0.6) is 0 Å². The summed E-state index contributed by atoms with van der Waals surface area (Å²) in [4.78, 5) is 39.9. The van der Waals surface area contributed by atoms with Crippen LogP contribution in [0.4, 0.5) is 5.69 Å². The number of carbonyl (C=O) groups excluding carboxylic acids is 3. The summed E-state index contributed by atoms with van der Waals surface area (Å²) in [6.07, 6.45) is -0.0775. The number of anilines is 1. The number of esters is 1. The normalized spacial score (nSPS) is 15.6. The van der Waals surface area contributed by atoms with Crippen molar-refractivity contribution in [2.75, 3.05) is 19.0 Å². The van der Waals surface area contributed by atoms with Gasteiger partial charge in [-0.1, -0.05) is 12.1 Å². The highest BCUT2D eigenvalue weighted by molar-refractivity contribution is 8.01. The number of amides is 2. The molecule has 1 aromatic carbocycles. The van der Waals surface area contributed by atoms with Gasteiger partial charge in [-0.05, 0) is 36.1 Å². The number of hydrogen-bond acceptors (Lipinski definition) is 6. The standard InChI is InChI=1S/C19H20N2O4S2/c1-12-7-8-26-16(12)10-21(2)17(22)11-25-18(23)9-15-19(24)20-13-5-3-4-6-14(13)27-15/h3-8,15H,9-11H2,1-2H3,(H,20,24)/t15-/m1/s1. The van der Waals surface area contributed by atoms with Gasteiger partial charge < -0.3 is 15.0 Å². The molecular formula is C19H20N2O4S2.